The molecule has 0 saturated carbocycles. The molecular formula is C13H14N6O3. The highest BCUT2D eigenvalue weighted by molar-refractivity contribution is 6.00. The number of hydrogen-bond acceptors (Lipinski definition) is 6. The molecule has 1 aliphatic heterocycles. The van der Waals surface area contributed by atoms with E-state index >= 15 is 0 Å². The van der Waals surface area contributed by atoms with E-state index in [1.807, 2.05) is 12.1 Å². The fourth-order valence-electron chi connectivity index (χ4n) is 2.20. The van der Waals surface area contributed by atoms with Crippen molar-refractivity contribution in [3.05, 3.63) is 24.3 Å². The third-order valence-corrected chi connectivity index (χ3v) is 3.23. The zero-order valence-corrected chi connectivity index (χ0v) is 11.8. The standard InChI is InChI=1S/C13H14N6O3/c1-8-12(21)19(9-4-2-3-5-10(9)22-8)7-6-11(20)14-13-15-17-18-16-13/h2-5,8H,6-7H2,1H3,(H2,14,15,16,17,18,20). The third-order valence-electron chi connectivity index (χ3n) is 3.23. The quantitative estimate of drug-likeness (QED) is 0.842. The molecule has 0 radical (unpaired) electrons. The molecule has 1 aliphatic rings. The summed E-state index contributed by atoms with van der Waals surface area (Å²) >= 11 is 0. The molecule has 0 spiro atoms. The Balaban J connectivity index is 1.68. The summed E-state index contributed by atoms with van der Waals surface area (Å²) in [5.74, 6) is 0.261. The Labute approximate surface area is 125 Å². The lowest BCUT2D eigenvalue weighted by Gasteiger charge is -2.32. The average molecular weight is 302 g/mol. The summed E-state index contributed by atoms with van der Waals surface area (Å²) in [4.78, 5) is 25.7. The van der Waals surface area contributed by atoms with Crippen molar-refractivity contribution >= 4 is 23.5 Å². The number of nitrogens with zero attached hydrogens (tertiary/aromatic N) is 4. The maximum atomic E-state index is 12.2. The van der Waals surface area contributed by atoms with E-state index in [0.717, 1.165) is 0 Å². The SMILES string of the molecule is CC1Oc2ccccc2N(CCC(=O)Nc2nn[nH]n2)C1=O. The van der Waals surface area contributed by atoms with Gasteiger partial charge in [0.1, 0.15) is 5.75 Å². The van der Waals surface area contributed by atoms with Gasteiger partial charge in [-0.2, -0.15) is 5.21 Å². The second-order valence-electron chi connectivity index (χ2n) is 4.75. The number of anilines is 2. The van der Waals surface area contributed by atoms with Crippen LogP contribution in [0, 0.1) is 0 Å². The molecule has 3 rings (SSSR count). The van der Waals surface area contributed by atoms with Crippen molar-refractivity contribution in [2.45, 2.75) is 19.4 Å². The molecule has 2 amide bonds. The summed E-state index contributed by atoms with van der Waals surface area (Å²) in [6.07, 6.45) is -0.461. The summed E-state index contributed by atoms with van der Waals surface area (Å²) < 4.78 is 5.54. The summed E-state index contributed by atoms with van der Waals surface area (Å²) in [5.41, 5.74) is 0.665. The molecule has 9 nitrogen and oxygen atoms in total. The number of aromatic nitrogens is 4. The fourth-order valence-corrected chi connectivity index (χ4v) is 2.20. The van der Waals surface area contributed by atoms with Crippen LogP contribution in [0.15, 0.2) is 24.3 Å². The van der Waals surface area contributed by atoms with Gasteiger partial charge in [0.2, 0.25) is 5.91 Å². The Morgan fingerprint density at radius 3 is 3.05 bits per heavy atom. The summed E-state index contributed by atoms with van der Waals surface area (Å²) in [6.45, 7) is 1.93. The van der Waals surface area contributed by atoms with Gasteiger partial charge in [-0.1, -0.05) is 17.2 Å². The number of tetrazole rings is 1. The van der Waals surface area contributed by atoms with E-state index in [9.17, 15) is 9.59 Å². The number of carbonyl (C=O) groups excluding carboxylic acids is 2. The molecule has 0 aliphatic carbocycles. The zero-order chi connectivity index (χ0) is 15.5. The van der Waals surface area contributed by atoms with Crippen LogP contribution < -0.4 is 15.0 Å². The third kappa shape index (κ3) is 2.73. The predicted octanol–water partition coefficient (Wildman–Crippen LogP) is 0.342. The van der Waals surface area contributed by atoms with Crippen LogP contribution in [0.25, 0.3) is 0 Å². The Morgan fingerprint density at radius 2 is 2.27 bits per heavy atom. The molecule has 9 heteroatoms. The normalized spacial score (nSPS) is 16.9. The number of aromatic amines is 1. The van der Waals surface area contributed by atoms with Crippen LogP contribution in [0.4, 0.5) is 11.6 Å². The number of benzene rings is 1. The van der Waals surface area contributed by atoms with Gasteiger partial charge in [-0.25, -0.2) is 0 Å². The van der Waals surface area contributed by atoms with E-state index in [0.29, 0.717) is 11.4 Å². The van der Waals surface area contributed by atoms with Crippen molar-refractivity contribution in [2.75, 3.05) is 16.8 Å². The van der Waals surface area contributed by atoms with Gasteiger partial charge in [-0.05, 0) is 24.3 Å². The van der Waals surface area contributed by atoms with Gasteiger partial charge in [0.05, 0.1) is 5.69 Å². The number of H-pyrrole nitrogens is 1. The number of carbonyl (C=O) groups is 2. The Morgan fingerprint density at radius 1 is 1.45 bits per heavy atom. The highest BCUT2D eigenvalue weighted by Gasteiger charge is 2.31. The molecule has 22 heavy (non-hydrogen) atoms. The van der Waals surface area contributed by atoms with Crippen LogP contribution in [0.3, 0.4) is 0 Å². The van der Waals surface area contributed by atoms with Gasteiger partial charge in [0, 0.05) is 13.0 Å². The van der Waals surface area contributed by atoms with E-state index in [1.54, 1.807) is 24.0 Å². The summed E-state index contributed by atoms with van der Waals surface area (Å²) in [7, 11) is 0. The fraction of sp³-hybridized carbons (Fsp3) is 0.308. The molecule has 1 aromatic carbocycles. The molecule has 0 saturated heterocycles. The Bertz CT molecular complexity index is 687. The minimum absolute atomic E-state index is 0.104. The van der Waals surface area contributed by atoms with Crippen LogP contribution >= 0.6 is 0 Å². The molecule has 1 atom stereocenters. The van der Waals surface area contributed by atoms with Gasteiger partial charge in [0.15, 0.2) is 6.10 Å². The minimum atomic E-state index is -0.574. The first kappa shape index (κ1) is 14.0. The van der Waals surface area contributed by atoms with Crippen molar-refractivity contribution in [3.63, 3.8) is 0 Å². The number of para-hydroxylation sites is 2. The molecule has 2 N–H and O–H groups in total. The van der Waals surface area contributed by atoms with E-state index in [1.165, 1.54) is 0 Å². The van der Waals surface area contributed by atoms with Gasteiger partial charge in [-0.3, -0.25) is 14.9 Å². The molecule has 1 aromatic heterocycles. The van der Waals surface area contributed by atoms with Crippen LogP contribution in [-0.2, 0) is 9.59 Å². The number of amides is 2. The van der Waals surface area contributed by atoms with Crippen LogP contribution in [-0.4, -0.2) is 45.1 Å². The van der Waals surface area contributed by atoms with E-state index in [-0.39, 0.29) is 30.7 Å². The maximum Gasteiger partial charge on any atom is 0.269 e. The van der Waals surface area contributed by atoms with Crippen LogP contribution in [0.5, 0.6) is 5.75 Å². The number of ether oxygens (including phenoxy) is 1. The van der Waals surface area contributed by atoms with Crippen molar-refractivity contribution in [1.82, 2.24) is 20.6 Å². The molecule has 0 fully saturated rings. The first-order valence-electron chi connectivity index (χ1n) is 6.75. The van der Waals surface area contributed by atoms with Gasteiger partial charge >= 0.3 is 0 Å². The largest absolute Gasteiger partial charge is 0.479 e. The molecule has 1 unspecified atom stereocenters. The highest BCUT2D eigenvalue weighted by Crippen LogP contribution is 2.33. The van der Waals surface area contributed by atoms with E-state index in [4.69, 9.17) is 4.74 Å². The van der Waals surface area contributed by atoms with Gasteiger partial charge in [0.25, 0.3) is 11.9 Å². The van der Waals surface area contributed by atoms with Crippen molar-refractivity contribution in [3.8, 4) is 5.75 Å². The Kier molecular flexibility index (Phi) is 3.69. The van der Waals surface area contributed by atoms with E-state index < -0.39 is 6.10 Å². The average Bonchev–Trinajstić information content (AvgIpc) is 3.00. The lowest BCUT2D eigenvalue weighted by Crippen LogP contribution is -2.45. The number of fused-ring (bicyclic) bond motifs is 1. The monoisotopic (exact) mass is 302 g/mol. The van der Waals surface area contributed by atoms with Crippen molar-refractivity contribution in [1.29, 1.82) is 0 Å². The topological polar surface area (TPSA) is 113 Å². The van der Waals surface area contributed by atoms with Crippen LogP contribution in [0.1, 0.15) is 13.3 Å². The Hall–Kier alpha value is -2.97. The van der Waals surface area contributed by atoms with Gasteiger partial charge < -0.3 is 9.64 Å². The predicted molar refractivity (Wildman–Crippen MR) is 76.3 cm³/mol. The second kappa shape index (κ2) is 5.80. The second-order valence-corrected chi connectivity index (χ2v) is 4.75. The first-order valence-corrected chi connectivity index (χ1v) is 6.75. The zero-order valence-electron chi connectivity index (χ0n) is 11.8. The molecule has 2 aromatic rings. The molecular weight excluding hydrogens is 288 g/mol. The number of nitrogens with one attached hydrogen (secondary N) is 2. The van der Waals surface area contributed by atoms with Crippen molar-refractivity contribution < 1.29 is 14.3 Å². The van der Waals surface area contributed by atoms with E-state index in [2.05, 4.69) is 25.9 Å². The first-order chi connectivity index (χ1) is 10.6. The molecule has 2 heterocycles. The molecule has 0 bridgehead atoms. The maximum absolute atomic E-state index is 12.2. The summed E-state index contributed by atoms with van der Waals surface area (Å²) in [5, 5.41) is 15.3. The van der Waals surface area contributed by atoms with Gasteiger partial charge in [-0.15, -0.1) is 5.10 Å². The lowest BCUT2D eigenvalue weighted by molar-refractivity contribution is -0.125. The van der Waals surface area contributed by atoms with Crippen LogP contribution in [0.2, 0.25) is 0 Å². The number of rotatable bonds is 4. The molecule has 114 valence electrons. The highest BCUT2D eigenvalue weighted by atomic mass is 16.5. The van der Waals surface area contributed by atoms with Crippen molar-refractivity contribution in [2.24, 2.45) is 0 Å². The number of hydrogen-bond donors (Lipinski definition) is 2. The smallest absolute Gasteiger partial charge is 0.269 e. The lowest BCUT2D eigenvalue weighted by atomic mass is 10.1. The minimum Gasteiger partial charge on any atom is -0.479 e. The summed E-state index contributed by atoms with van der Waals surface area (Å²) in [6, 6.07) is 7.24.